The van der Waals surface area contributed by atoms with Crippen molar-refractivity contribution >= 4 is 11.6 Å². The van der Waals surface area contributed by atoms with Gasteiger partial charge in [-0.25, -0.2) is 4.79 Å². The minimum absolute atomic E-state index is 0.102. The van der Waals surface area contributed by atoms with Gasteiger partial charge in [0.1, 0.15) is 17.2 Å². The van der Waals surface area contributed by atoms with Gasteiger partial charge in [0.2, 0.25) is 0 Å². The van der Waals surface area contributed by atoms with Gasteiger partial charge in [0, 0.05) is 17.3 Å². The van der Waals surface area contributed by atoms with Crippen molar-refractivity contribution in [1.82, 2.24) is 9.97 Å². The van der Waals surface area contributed by atoms with Crippen molar-refractivity contribution in [1.29, 1.82) is 0 Å². The van der Waals surface area contributed by atoms with Crippen molar-refractivity contribution in [2.45, 2.75) is 0 Å². The predicted molar refractivity (Wildman–Crippen MR) is 97.8 cm³/mol. The Hall–Kier alpha value is -3.61. The Balaban J connectivity index is 1.91. The van der Waals surface area contributed by atoms with Gasteiger partial charge in [-0.3, -0.25) is 4.79 Å². The molecule has 7 nitrogen and oxygen atoms in total. The van der Waals surface area contributed by atoms with Gasteiger partial charge in [-0.2, -0.15) is 4.98 Å². The second-order valence-corrected chi connectivity index (χ2v) is 5.40. The first-order valence-electron chi connectivity index (χ1n) is 7.80. The third-order valence-electron chi connectivity index (χ3n) is 3.68. The fraction of sp³-hybridized carbons (Fsp3) is 0.105. The van der Waals surface area contributed by atoms with Crippen LogP contribution in [-0.2, 0) is 0 Å². The molecular weight excluding hydrogens is 334 g/mol. The van der Waals surface area contributed by atoms with E-state index in [-0.39, 0.29) is 5.69 Å². The van der Waals surface area contributed by atoms with E-state index in [0.29, 0.717) is 28.4 Å². The van der Waals surface area contributed by atoms with E-state index >= 15 is 0 Å². The summed E-state index contributed by atoms with van der Waals surface area (Å²) >= 11 is 0. The van der Waals surface area contributed by atoms with E-state index in [1.54, 1.807) is 62.8 Å². The number of carbonyl (C=O) groups excluding carboxylic acids is 1. The highest BCUT2D eigenvalue weighted by Gasteiger charge is 2.12. The zero-order chi connectivity index (χ0) is 18.5. The van der Waals surface area contributed by atoms with Crippen LogP contribution in [0.15, 0.2) is 59.4 Å². The van der Waals surface area contributed by atoms with Crippen molar-refractivity contribution in [3.8, 4) is 22.8 Å². The minimum atomic E-state index is -0.610. The molecule has 0 unspecified atom stereocenters. The maximum Gasteiger partial charge on any atom is 0.346 e. The van der Waals surface area contributed by atoms with E-state index < -0.39 is 11.6 Å². The smallest absolute Gasteiger partial charge is 0.346 e. The lowest BCUT2D eigenvalue weighted by Crippen LogP contribution is -2.21. The SMILES string of the molecule is COc1cccc(NC(=O)c2cc(-c3cccc(OC)c3)nc(=O)[nH]2)c1. The van der Waals surface area contributed by atoms with Crippen LogP contribution in [0.5, 0.6) is 11.5 Å². The molecular formula is C19H17N3O4. The van der Waals surface area contributed by atoms with Gasteiger partial charge in [0.25, 0.3) is 5.91 Å². The molecule has 0 saturated heterocycles. The first kappa shape index (κ1) is 17.2. The molecule has 0 fully saturated rings. The molecule has 0 aliphatic heterocycles. The van der Waals surface area contributed by atoms with Gasteiger partial charge < -0.3 is 19.8 Å². The van der Waals surface area contributed by atoms with Crippen molar-refractivity contribution in [3.05, 3.63) is 70.8 Å². The molecule has 3 rings (SSSR count). The number of anilines is 1. The minimum Gasteiger partial charge on any atom is -0.497 e. The van der Waals surface area contributed by atoms with Crippen molar-refractivity contribution in [2.75, 3.05) is 19.5 Å². The average molecular weight is 351 g/mol. The summed E-state index contributed by atoms with van der Waals surface area (Å²) in [6.45, 7) is 0. The van der Waals surface area contributed by atoms with Crippen LogP contribution in [0, 0.1) is 0 Å². The Morgan fingerprint density at radius 1 is 1.00 bits per heavy atom. The highest BCUT2D eigenvalue weighted by atomic mass is 16.5. The van der Waals surface area contributed by atoms with Gasteiger partial charge in [-0.1, -0.05) is 18.2 Å². The largest absolute Gasteiger partial charge is 0.497 e. The monoisotopic (exact) mass is 351 g/mol. The highest BCUT2D eigenvalue weighted by molar-refractivity contribution is 6.03. The molecule has 0 spiro atoms. The summed E-state index contributed by atoms with van der Waals surface area (Å²) in [5.41, 5.74) is 1.09. The molecule has 0 radical (unpaired) electrons. The first-order chi connectivity index (χ1) is 12.6. The molecule has 7 heteroatoms. The van der Waals surface area contributed by atoms with E-state index in [0.717, 1.165) is 0 Å². The number of benzene rings is 2. The van der Waals surface area contributed by atoms with E-state index in [2.05, 4.69) is 15.3 Å². The summed E-state index contributed by atoms with van der Waals surface area (Å²) in [5.74, 6) is 0.789. The Morgan fingerprint density at radius 2 is 1.69 bits per heavy atom. The maximum absolute atomic E-state index is 12.5. The number of hydrogen-bond acceptors (Lipinski definition) is 5. The number of carbonyl (C=O) groups is 1. The van der Waals surface area contributed by atoms with E-state index in [9.17, 15) is 9.59 Å². The number of rotatable bonds is 5. The number of nitrogens with zero attached hydrogens (tertiary/aromatic N) is 1. The molecule has 0 bridgehead atoms. The van der Waals surface area contributed by atoms with Crippen LogP contribution in [0.3, 0.4) is 0 Å². The summed E-state index contributed by atoms with van der Waals surface area (Å²) in [7, 11) is 3.10. The van der Waals surface area contributed by atoms with Crippen LogP contribution < -0.4 is 20.5 Å². The van der Waals surface area contributed by atoms with Gasteiger partial charge in [-0.15, -0.1) is 0 Å². The number of ether oxygens (including phenoxy) is 2. The third kappa shape index (κ3) is 3.89. The summed E-state index contributed by atoms with van der Waals surface area (Å²) < 4.78 is 10.3. The van der Waals surface area contributed by atoms with Gasteiger partial charge in [-0.05, 0) is 30.3 Å². The lowest BCUT2D eigenvalue weighted by Gasteiger charge is -2.08. The Bertz CT molecular complexity index is 998. The number of hydrogen-bond donors (Lipinski definition) is 2. The Morgan fingerprint density at radius 3 is 2.42 bits per heavy atom. The fourth-order valence-electron chi connectivity index (χ4n) is 2.41. The molecule has 1 aromatic heterocycles. The van der Waals surface area contributed by atoms with Crippen LogP contribution in [-0.4, -0.2) is 30.1 Å². The number of aromatic amines is 1. The molecule has 3 aromatic rings. The Labute approximate surface area is 149 Å². The Kier molecular flexibility index (Phi) is 4.98. The molecule has 1 amide bonds. The van der Waals surface area contributed by atoms with E-state index in [1.165, 1.54) is 6.07 Å². The highest BCUT2D eigenvalue weighted by Crippen LogP contribution is 2.22. The molecule has 0 saturated carbocycles. The first-order valence-corrected chi connectivity index (χ1v) is 7.80. The van der Waals surface area contributed by atoms with Crippen molar-refractivity contribution < 1.29 is 14.3 Å². The summed E-state index contributed by atoms with van der Waals surface area (Å²) in [6, 6.07) is 15.5. The van der Waals surface area contributed by atoms with E-state index in [1.807, 2.05) is 0 Å². The maximum atomic E-state index is 12.5. The van der Waals surface area contributed by atoms with Crippen molar-refractivity contribution in [2.24, 2.45) is 0 Å². The van der Waals surface area contributed by atoms with Crippen LogP contribution in [0.2, 0.25) is 0 Å². The van der Waals surface area contributed by atoms with Crippen LogP contribution >= 0.6 is 0 Å². The molecule has 2 aromatic carbocycles. The normalized spacial score (nSPS) is 10.2. The van der Waals surface area contributed by atoms with Crippen LogP contribution in [0.25, 0.3) is 11.3 Å². The van der Waals surface area contributed by atoms with Gasteiger partial charge >= 0.3 is 5.69 Å². The zero-order valence-electron chi connectivity index (χ0n) is 14.3. The third-order valence-corrected chi connectivity index (χ3v) is 3.68. The van der Waals surface area contributed by atoms with Crippen LogP contribution in [0.4, 0.5) is 5.69 Å². The summed E-state index contributed by atoms with van der Waals surface area (Å²) in [6.07, 6.45) is 0. The number of nitrogens with one attached hydrogen (secondary N) is 2. The van der Waals surface area contributed by atoms with E-state index in [4.69, 9.17) is 9.47 Å². The molecule has 2 N–H and O–H groups in total. The fourth-order valence-corrected chi connectivity index (χ4v) is 2.41. The molecule has 1 heterocycles. The topological polar surface area (TPSA) is 93.3 Å². The van der Waals surface area contributed by atoms with Crippen LogP contribution in [0.1, 0.15) is 10.5 Å². The number of amides is 1. The predicted octanol–water partition coefficient (Wildman–Crippen LogP) is 2.71. The zero-order valence-corrected chi connectivity index (χ0v) is 14.3. The number of methoxy groups -OCH3 is 2. The second-order valence-electron chi connectivity index (χ2n) is 5.40. The molecule has 0 atom stereocenters. The molecule has 0 aliphatic rings. The lowest BCUT2D eigenvalue weighted by molar-refractivity contribution is 0.102. The molecule has 132 valence electrons. The summed E-state index contributed by atoms with van der Waals surface area (Å²) in [4.78, 5) is 30.8. The average Bonchev–Trinajstić information content (AvgIpc) is 2.67. The quantitative estimate of drug-likeness (QED) is 0.737. The standard InChI is InChI=1S/C19H17N3O4/c1-25-14-7-3-5-12(9-14)16-11-17(22-19(24)21-16)18(23)20-13-6-4-8-15(10-13)26-2/h3-11H,1-2H3,(H,20,23)(H,21,22,24). The molecule has 0 aliphatic carbocycles. The second kappa shape index (κ2) is 7.52. The number of aromatic nitrogens is 2. The summed E-state index contributed by atoms with van der Waals surface area (Å²) in [5, 5.41) is 2.72. The lowest BCUT2D eigenvalue weighted by atomic mass is 10.1. The van der Waals surface area contributed by atoms with Gasteiger partial charge in [0.05, 0.1) is 19.9 Å². The number of H-pyrrole nitrogens is 1. The molecule has 26 heavy (non-hydrogen) atoms. The van der Waals surface area contributed by atoms with Crippen molar-refractivity contribution in [3.63, 3.8) is 0 Å². The van der Waals surface area contributed by atoms with Gasteiger partial charge in [0.15, 0.2) is 0 Å².